The Bertz CT molecular complexity index is 474. The highest BCUT2D eigenvalue weighted by Gasteiger charge is 2.19. The summed E-state index contributed by atoms with van der Waals surface area (Å²) in [5, 5.41) is 0. The molecule has 1 unspecified atom stereocenters. The van der Waals surface area contributed by atoms with Gasteiger partial charge in [-0.1, -0.05) is 46.5 Å². The Morgan fingerprint density at radius 3 is 2.80 bits per heavy atom. The van der Waals surface area contributed by atoms with Crippen molar-refractivity contribution in [2.45, 2.75) is 44.6 Å². The van der Waals surface area contributed by atoms with Gasteiger partial charge in [-0.3, -0.25) is 5.84 Å². The van der Waals surface area contributed by atoms with E-state index >= 15 is 0 Å². The standard InChI is InChI=1S/C16H23BrN2O/c1-20-15-11-13(17)9-10-14(15)16(19-18)12-7-5-3-2-4-6-8-12/h7,9-11,16,19H,2-6,8,18H2,1H3/b12-7+. The van der Waals surface area contributed by atoms with Gasteiger partial charge in [-0.05, 0) is 37.8 Å². The van der Waals surface area contributed by atoms with Crippen LogP contribution in [-0.2, 0) is 0 Å². The lowest BCUT2D eigenvalue weighted by Gasteiger charge is -2.23. The first-order chi connectivity index (χ1) is 9.76. The highest BCUT2D eigenvalue weighted by atomic mass is 79.9. The molecule has 0 heterocycles. The van der Waals surface area contributed by atoms with Gasteiger partial charge in [0, 0.05) is 10.0 Å². The quantitative estimate of drug-likeness (QED) is 0.490. The molecule has 0 aliphatic heterocycles. The number of benzene rings is 1. The minimum atomic E-state index is 0.0381. The van der Waals surface area contributed by atoms with E-state index in [1.165, 1.54) is 31.3 Å². The van der Waals surface area contributed by atoms with Crippen molar-refractivity contribution in [1.29, 1.82) is 0 Å². The van der Waals surface area contributed by atoms with Crippen LogP contribution in [0.1, 0.15) is 50.1 Å². The Kier molecular flexibility index (Phi) is 6.07. The molecule has 0 radical (unpaired) electrons. The van der Waals surface area contributed by atoms with E-state index in [2.05, 4.69) is 33.5 Å². The summed E-state index contributed by atoms with van der Waals surface area (Å²) in [7, 11) is 1.70. The van der Waals surface area contributed by atoms with E-state index in [9.17, 15) is 0 Å². The van der Waals surface area contributed by atoms with Gasteiger partial charge in [-0.25, -0.2) is 5.43 Å². The fourth-order valence-corrected chi connectivity index (χ4v) is 3.14. The molecule has 1 atom stereocenters. The monoisotopic (exact) mass is 338 g/mol. The van der Waals surface area contributed by atoms with Crippen LogP contribution in [0.25, 0.3) is 0 Å². The molecule has 0 saturated carbocycles. The minimum Gasteiger partial charge on any atom is -0.496 e. The average molecular weight is 339 g/mol. The summed E-state index contributed by atoms with van der Waals surface area (Å²) >= 11 is 3.48. The molecular formula is C16H23BrN2O. The van der Waals surface area contributed by atoms with Crippen LogP contribution in [0.5, 0.6) is 5.75 Å². The number of methoxy groups -OCH3 is 1. The minimum absolute atomic E-state index is 0.0381. The summed E-state index contributed by atoms with van der Waals surface area (Å²) < 4.78 is 6.52. The highest BCUT2D eigenvalue weighted by molar-refractivity contribution is 9.10. The molecule has 3 nitrogen and oxygen atoms in total. The fraction of sp³-hybridized carbons (Fsp3) is 0.500. The number of hydrogen-bond donors (Lipinski definition) is 2. The van der Waals surface area contributed by atoms with Crippen molar-refractivity contribution in [3.63, 3.8) is 0 Å². The number of ether oxygens (including phenoxy) is 1. The number of rotatable bonds is 4. The summed E-state index contributed by atoms with van der Waals surface area (Å²) in [5.74, 6) is 6.70. The normalized spacial score (nSPS) is 20.4. The summed E-state index contributed by atoms with van der Waals surface area (Å²) in [5.41, 5.74) is 5.45. The van der Waals surface area contributed by atoms with E-state index < -0.39 is 0 Å². The molecule has 2 rings (SSSR count). The van der Waals surface area contributed by atoms with Gasteiger partial charge in [0.25, 0.3) is 0 Å². The maximum Gasteiger partial charge on any atom is 0.125 e. The summed E-state index contributed by atoms with van der Waals surface area (Å²) in [6.07, 6.45) is 9.77. The fourth-order valence-electron chi connectivity index (χ4n) is 2.80. The maximum absolute atomic E-state index is 5.83. The van der Waals surface area contributed by atoms with E-state index in [0.29, 0.717) is 0 Å². The van der Waals surface area contributed by atoms with Crippen molar-refractivity contribution in [3.05, 3.63) is 39.9 Å². The molecule has 0 amide bonds. The Morgan fingerprint density at radius 1 is 1.25 bits per heavy atom. The van der Waals surface area contributed by atoms with Crippen molar-refractivity contribution in [2.75, 3.05) is 7.11 Å². The van der Waals surface area contributed by atoms with Crippen molar-refractivity contribution >= 4 is 15.9 Å². The van der Waals surface area contributed by atoms with Crippen LogP contribution in [0, 0.1) is 0 Å². The molecule has 0 spiro atoms. The molecular weight excluding hydrogens is 316 g/mol. The van der Waals surface area contributed by atoms with Crippen LogP contribution in [0.3, 0.4) is 0 Å². The number of nitrogens with two attached hydrogens (primary N) is 1. The van der Waals surface area contributed by atoms with E-state index in [0.717, 1.165) is 28.6 Å². The van der Waals surface area contributed by atoms with Crippen LogP contribution in [0.2, 0.25) is 0 Å². The molecule has 110 valence electrons. The largest absolute Gasteiger partial charge is 0.496 e. The maximum atomic E-state index is 5.83. The molecule has 0 aromatic heterocycles. The van der Waals surface area contributed by atoms with E-state index in [-0.39, 0.29) is 6.04 Å². The highest BCUT2D eigenvalue weighted by Crippen LogP contribution is 2.34. The van der Waals surface area contributed by atoms with Gasteiger partial charge in [0.2, 0.25) is 0 Å². The first-order valence-corrected chi connectivity index (χ1v) is 8.04. The zero-order valence-corrected chi connectivity index (χ0v) is 13.6. The number of halogens is 1. The molecule has 0 bridgehead atoms. The van der Waals surface area contributed by atoms with Crippen molar-refractivity contribution in [3.8, 4) is 5.75 Å². The zero-order chi connectivity index (χ0) is 14.4. The molecule has 20 heavy (non-hydrogen) atoms. The molecule has 0 saturated heterocycles. The predicted molar refractivity (Wildman–Crippen MR) is 86.5 cm³/mol. The predicted octanol–water partition coefficient (Wildman–Crippen LogP) is 4.24. The third-order valence-electron chi connectivity index (χ3n) is 3.87. The Hall–Kier alpha value is -0.840. The van der Waals surface area contributed by atoms with Crippen LogP contribution in [0.4, 0.5) is 0 Å². The van der Waals surface area contributed by atoms with Crippen molar-refractivity contribution in [2.24, 2.45) is 5.84 Å². The van der Waals surface area contributed by atoms with Gasteiger partial charge in [-0.2, -0.15) is 0 Å². The first-order valence-electron chi connectivity index (χ1n) is 7.24. The van der Waals surface area contributed by atoms with Crippen molar-refractivity contribution < 1.29 is 4.74 Å². The number of hydrogen-bond acceptors (Lipinski definition) is 3. The second-order valence-electron chi connectivity index (χ2n) is 5.22. The van der Waals surface area contributed by atoms with E-state index in [1.54, 1.807) is 7.11 Å². The van der Waals surface area contributed by atoms with Gasteiger partial charge >= 0.3 is 0 Å². The lowest BCUT2D eigenvalue weighted by atomic mass is 9.91. The second kappa shape index (κ2) is 7.81. The summed E-state index contributed by atoms with van der Waals surface area (Å²) in [6, 6.07) is 6.14. The molecule has 1 aliphatic carbocycles. The van der Waals surface area contributed by atoms with Gasteiger partial charge in [0.15, 0.2) is 0 Å². The molecule has 1 aromatic rings. The van der Waals surface area contributed by atoms with Gasteiger partial charge in [-0.15, -0.1) is 0 Å². The van der Waals surface area contributed by atoms with Crippen LogP contribution in [0.15, 0.2) is 34.3 Å². The topological polar surface area (TPSA) is 47.3 Å². The Labute approximate surface area is 129 Å². The third kappa shape index (κ3) is 3.84. The van der Waals surface area contributed by atoms with Crippen LogP contribution in [-0.4, -0.2) is 7.11 Å². The lowest BCUT2D eigenvalue weighted by Crippen LogP contribution is -2.30. The number of allylic oxidation sites excluding steroid dienone is 1. The molecule has 1 aromatic carbocycles. The first kappa shape index (κ1) is 15.5. The number of nitrogens with one attached hydrogen (secondary N) is 1. The van der Waals surface area contributed by atoms with Crippen LogP contribution < -0.4 is 16.0 Å². The second-order valence-corrected chi connectivity index (χ2v) is 6.13. The third-order valence-corrected chi connectivity index (χ3v) is 4.36. The van der Waals surface area contributed by atoms with Gasteiger partial charge in [0.05, 0.1) is 13.2 Å². The Morgan fingerprint density at radius 2 is 2.05 bits per heavy atom. The molecule has 4 heteroatoms. The van der Waals surface area contributed by atoms with Gasteiger partial charge in [0.1, 0.15) is 5.75 Å². The molecule has 0 fully saturated rings. The van der Waals surface area contributed by atoms with E-state index in [1.807, 2.05) is 12.1 Å². The lowest BCUT2D eigenvalue weighted by molar-refractivity contribution is 0.402. The number of hydrazine groups is 1. The molecule has 3 N–H and O–H groups in total. The van der Waals surface area contributed by atoms with Crippen LogP contribution >= 0.6 is 15.9 Å². The molecule has 1 aliphatic rings. The van der Waals surface area contributed by atoms with E-state index in [4.69, 9.17) is 10.6 Å². The summed E-state index contributed by atoms with van der Waals surface area (Å²) in [4.78, 5) is 0. The average Bonchev–Trinajstić information content (AvgIpc) is 2.42. The Balaban J connectivity index is 2.31. The smallest absolute Gasteiger partial charge is 0.125 e. The van der Waals surface area contributed by atoms with Gasteiger partial charge < -0.3 is 4.74 Å². The zero-order valence-electron chi connectivity index (χ0n) is 12.0. The van der Waals surface area contributed by atoms with Crippen molar-refractivity contribution in [1.82, 2.24) is 5.43 Å². The SMILES string of the molecule is COc1cc(Br)ccc1C(NN)/C1=C/CCCCCC1. The summed E-state index contributed by atoms with van der Waals surface area (Å²) in [6.45, 7) is 0.